The van der Waals surface area contributed by atoms with Crippen LogP contribution >= 0.6 is 0 Å². The maximum Gasteiger partial charge on any atom is 0.344 e. The molecule has 100 valence electrons. The van der Waals surface area contributed by atoms with Gasteiger partial charge in [-0.05, 0) is 6.54 Å². The molecule has 0 aliphatic rings. The van der Waals surface area contributed by atoms with Gasteiger partial charge in [0.15, 0.2) is 6.10 Å². The van der Waals surface area contributed by atoms with Crippen LogP contribution in [0.5, 0.6) is 17.2 Å². The van der Waals surface area contributed by atoms with E-state index in [1.807, 2.05) is 0 Å². The molecule has 6 heteroatoms. The van der Waals surface area contributed by atoms with Crippen LogP contribution in [0.3, 0.4) is 0 Å². The second kappa shape index (κ2) is 6.70. The van der Waals surface area contributed by atoms with Gasteiger partial charge in [0.05, 0.1) is 14.2 Å². The van der Waals surface area contributed by atoms with Crippen LogP contribution in [0.25, 0.3) is 0 Å². The fourth-order valence-electron chi connectivity index (χ4n) is 1.40. The van der Waals surface area contributed by atoms with E-state index in [2.05, 4.69) is 0 Å². The zero-order valence-electron chi connectivity index (χ0n) is 10.4. The number of carboxylic acids is 1. The first-order valence-corrected chi connectivity index (χ1v) is 5.43. The quantitative estimate of drug-likeness (QED) is 0.751. The van der Waals surface area contributed by atoms with Crippen LogP contribution in [0.1, 0.15) is 6.42 Å². The van der Waals surface area contributed by atoms with E-state index in [1.54, 1.807) is 18.2 Å². The van der Waals surface area contributed by atoms with Gasteiger partial charge in [-0.2, -0.15) is 0 Å². The molecule has 0 aliphatic carbocycles. The maximum absolute atomic E-state index is 11.0. The summed E-state index contributed by atoms with van der Waals surface area (Å²) < 4.78 is 15.5. The van der Waals surface area contributed by atoms with Gasteiger partial charge in [0.2, 0.25) is 0 Å². The molecular weight excluding hydrogens is 238 g/mol. The molecule has 1 aromatic rings. The summed E-state index contributed by atoms with van der Waals surface area (Å²) in [6.07, 6.45) is -0.749. The molecule has 0 spiro atoms. The Balaban J connectivity index is 2.90. The fourth-order valence-corrected chi connectivity index (χ4v) is 1.40. The summed E-state index contributed by atoms with van der Waals surface area (Å²) in [5.41, 5.74) is 5.34. The highest BCUT2D eigenvalue weighted by Gasteiger charge is 2.19. The molecule has 0 aliphatic heterocycles. The first-order valence-electron chi connectivity index (χ1n) is 5.43. The lowest BCUT2D eigenvalue weighted by atomic mass is 10.2. The molecule has 0 saturated carbocycles. The summed E-state index contributed by atoms with van der Waals surface area (Å²) in [6.45, 7) is 0.234. The fraction of sp³-hybridized carbons (Fsp3) is 0.417. The van der Waals surface area contributed by atoms with Gasteiger partial charge in [-0.3, -0.25) is 0 Å². The first-order chi connectivity index (χ1) is 8.60. The van der Waals surface area contributed by atoms with Crippen molar-refractivity contribution in [1.82, 2.24) is 0 Å². The zero-order valence-corrected chi connectivity index (χ0v) is 10.4. The molecule has 0 bridgehead atoms. The Morgan fingerprint density at radius 3 is 2.11 bits per heavy atom. The van der Waals surface area contributed by atoms with Crippen LogP contribution in [0.2, 0.25) is 0 Å². The summed E-state index contributed by atoms with van der Waals surface area (Å²) in [7, 11) is 3.01. The van der Waals surface area contributed by atoms with Crippen LogP contribution in [-0.2, 0) is 4.79 Å². The van der Waals surface area contributed by atoms with E-state index in [0.717, 1.165) is 0 Å². The lowest BCUT2D eigenvalue weighted by Gasteiger charge is -2.15. The summed E-state index contributed by atoms with van der Waals surface area (Å²) in [5.74, 6) is 0.372. The van der Waals surface area contributed by atoms with Crippen LogP contribution < -0.4 is 19.9 Å². The predicted molar refractivity (Wildman–Crippen MR) is 65.3 cm³/mol. The van der Waals surface area contributed by atoms with Crippen molar-refractivity contribution in [2.75, 3.05) is 20.8 Å². The molecule has 6 nitrogen and oxygen atoms in total. The highest BCUT2D eigenvalue weighted by Crippen LogP contribution is 2.28. The molecule has 0 saturated heterocycles. The zero-order chi connectivity index (χ0) is 13.5. The number of rotatable bonds is 7. The molecule has 1 rings (SSSR count). The average molecular weight is 255 g/mol. The van der Waals surface area contributed by atoms with Gasteiger partial charge in [0, 0.05) is 24.6 Å². The third-order valence-corrected chi connectivity index (χ3v) is 2.31. The molecule has 1 atom stereocenters. The van der Waals surface area contributed by atoms with Crippen molar-refractivity contribution < 1.29 is 24.1 Å². The van der Waals surface area contributed by atoms with E-state index in [4.69, 9.17) is 25.1 Å². The number of nitrogens with two attached hydrogens (primary N) is 1. The third-order valence-electron chi connectivity index (χ3n) is 2.31. The van der Waals surface area contributed by atoms with Gasteiger partial charge in [-0.15, -0.1) is 0 Å². The molecule has 3 N–H and O–H groups in total. The number of hydrogen-bond donors (Lipinski definition) is 2. The Kier molecular flexibility index (Phi) is 5.26. The monoisotopic (exact) mass is 255 g/mol. The number of aliphatic carboxylic acids is 1. The number of ether oxygens (including phenoxy) is 3. The number of benzene rings is 1. The molecule has 0 amide bonds. The Bertz CT molecular complexity index is 385. The Labute approximate surface area is 105 Å². The first kappa shape index (κ1) is 14.1. The molecule has 0 fully saturated rings. The molecule has 18 heavy (non-hydrogen) atoms. The van der Waals surface area contributed by atoms with Gasteiger partial charge in [-0.1, -0.05) is 0 Å². The van der Waals surface area contributed by atoms with Gasteiger partial charge in [0.1, 0.15) is 17.2 Å². The van der Waals surface area contributed by atoms with E-state index in [9.17, 15) is 4.79 Å². The van der Waals surface area contributed by atoms with Crippen LogP contribution in [0.4, 0.5) is 0 Å². The lowest BCUT2D eigenvalue weighted by molar-refractivity contribution is -0.145. The molecular formula is C12H17NO5. The van der Waals surface area contributed by atoms with Gasteiger partial charge >= 0.3 is 5.97 Å². The summed E-state index contributed by atoms with van der Waals surface area (Å²) in [5, 5.41) is 8.98. The summed E-state index contributed by atoms with van der Waals surface area (Å²) in [4.78, 5) is 11.0. The largest absolute Gasteiger partial charge is 0.496 e. The van der Waals surface area contributed by atoms with E-state index < -0.39 is 12.1 Å². The minimum absolute atomic E-state index is 0.231. The van der Waals surface area contributed by atoms with Crippen molar-refractivity contribution in [3.63, 3.8) is 0 Å². The van der Waals surface area contributed by atoms with Gasteiger partial charge in [0.25, 0.3) is 0 Å². The maximum atomic E-state index is 11.0. The van der Waals surface area contributed by atoms with Crippen molar-refractivity contribution >= 4 is 5.97 Å². The van der Waals surface area contributed by atoms with Gasteiger partial charge in [-0.25, -0.2) is 4.79 Å². The van der Waals surface area contributed by atoms with Crippen LogP contribution in [0, 0.1) is 0 Å². The van der Waals surface area contributed by atoms with E-state index >= 15 is 0 Å². The second-order valence-electron chi connectivity index (χ2n) is 3.57. The number of methoxy groups -OCH3 is 2. The third kappa shape index (κ3) is 3.81. The number of hydrogen-bond acceptors (Lipinski definition) is 5. The SMILES string of the molecule is COc1cc(OC)cc(OC(CCN)C(=O)O)c1. The van der Waals surface area contributed by atoms with E-state index in [-0.39, 0.29) is 13.0 Å². The molecule has 0 radical (unpaired) electrons. The normalized spacial score (nSPS) is 11.7. The van der Waals surface area contributed by atoms with Crippen molar-refractivity contribution in [3.8, 4) is 17.2 Å². The summed E-state index contributed by atoms with van der Waals surface area (Å²) in [6, 6.07) is 4.86. The van der Waals surface area contributed by atoms with Crippen molar-refractivity contribution in [1.29, 1.82) is 0 Å². The average Bonchev–Trinajstić information content (AvgIpc) is 2.37. The number of carbonyl (C=O) groups is 1. The van der Waals surface area contributed by atoms with Crippen molar-refractivity contribution in [2.24, 2.45) is 5.73 Å². The molecule has 1 aromatic carbocycles. The smallest absolute Gasteiger partial charge is 0.344 e. The molecule has 0 aromatic heterocycles. The second-order valence-corrected chi connectivity index (χ2v) is 3.57. The Morgan fingerprint density at radius 2 is 1.72 bits per heavy atom. The summed E-state index contributed by atoms with van der Waals surface area (Å²) >= 11 is 0. The topological polar surface area (TPSA) is 91.0 Å². The van der Waals surface area contributed by atoms with Gasteiger partial charge < -0.3 is 25.1 Å². The van der Waals surface area contributed by atoms with Crippen molar-refractivity contribution in [3.05, 3.63) is 18.2 Å². The molecule has 1 unspecified atom stereocenters. The number of carboxylic acid groups (broad SMARTS) is 1. The molecule has 0 heterocycles. The van der Waals surface area contributed by atoms with Crippen molar-refractivity contribution in [2.45, 2.75) is 12.5 Å². The van der Waals surface area contributed by atoms with Crippen LogP contribution in [-0.4, -0.2) is 37.9 Å². The minimum Gasteiger partial charge on any atom is -0.496 e. The highest BCUT2D eigenvalue weighted by atomic mass is 16.5. The van der Waals surface area contributed by atoms with E-state index in [1.165, 1.54) is 14.2 Å². The standard InChI is InChI=1S/C12H17NO5/c1-16-8-5-9(17-2)7-10(6-8)18-11(3-4-13)12(14)15/h5-7,11H,3-4,13H2,1-2H3,(H,14,15). The predicted octanol–water partition coefficient (Wildman–Crippen LogP) is 0.885. The Hall–Kier alpha value is -1.95. The highest BCUT2D eigenvalue weighted by molar-refractivity contribution is 5.72. The minimum atomic E-state index is -1.05. The van der Waals surface area contributed by atoms with E-state index in [0.29, 0.717) is 17.2 Å². The van der Waals surface area contributed by atoms with Crippen LogP contribution in [0.15, 0.2) is 18.2 Å². The lowest BCUT2D eigenvalue weighted by Crippen LogP contribution is -2.29. The Morgan fingerprint density at radius 1 is 1.22 bits per heavy atom.